The summed E-state index contributed by atoms with van der Waals surface area (Å²) in [5.74, 6) is -1.03. The Morgan fingerprint density at radius 1 is 1.06 bits per heavy atom. The Bertz CT molecular complexity index is 1230. The van der Waals surface area contributed by atoms with Crippen LogP contribution < -0.4 is 0 Å². The number of rotatable bonds is 4. The van der Waals surface area contributed by atoms with E-state index in [9.17, 15) is 18.7 Å². The van der Waals surface area contributed by atoms with Crippen LogP contribution in [0.3, 0.4) is 0 Å². The minimum Gasteiger partial charge on any atom is -0.451 e. The van der Waals surface area contributed by atoms with Crippen LogP contribution in [0.1, 0.15) is 48.4 Å². The van der Waals surface area contributed by atoms with Crippen molar-refractivity contribution in [3.8, 4) is 0 Å². The van der Waals surface area contributed by atoms with Gasteiger partial charge >= 0.3 is 0 Å². The Morgan fingerprint density at radius 3 is 2.46 bits per heavy atom. The van der Waals surface area contributed by atoms with Crippen LogP contribution in [-0.4, -0.2) is 59.2 Å². The lowest BCUT2D eigenvalue weighted by atomic mass is 9.84. The van der Waals surface area contributed by atoms with Crippen molar-refractivity contribution in [3.63, 3.8) is 0 Å². The molecule has 0 unspecified atom stereocenters. The van der Waals surface area contributed by atoms with E-state index in [1.807, 2.05) is 26.0 Å². The van der Waals surface area contributed by atoms with Crippen molar-refractivity contribution < 1.29 is 27.8 Å². The first-order valence-electron chi connectivity index (χ1n) is 12.1. The molecule has 1 aromatic heterocycles. The number of amides is 1. The van der Waals surface area contributed by atoms with Crippen LogP contribution in [0.15, 0.2) is 46.9 Å². The van der Waals surface area contributed by atoms with Crippen molar-refractivity contribution in [2.75, 3.05) is 26.2 Å². The summed E-state index contributed by atoms with van der Waals surface area (Å²) in [4.78, 5) is 16.8. The summed E-state index contributed by atoms with van der Waals surface area (Å²) in [6.07, 6.45) is 0.903. The second kappa shape index (κ2) is 9.33. The van der Waals surface area contributed by atoms with E-state index in [0.29, 0.717) is 56.7 Å². The van der Waals surface area contributed by atoms with Gasteiger partial charge in [0.05, 0.1) is 17.8 Å². The third kappa shape index (κ3) is 4.96. The first-order valence-corrected chi connectivity index (χ1v) is 12.1. The van der Waals surface area contributed by atoms with Gasteiger partial charge in [0.25, 0.3) is 5.91 Å². The fourth-order valence-corrected chi connectivity index (χ4v) is 5.20. The van der Waals surface area contributed by atoms with Gasteiger partial charge in [0.1, 0.15) is 17.2 Å². The summed E-state index contributed by atoms with van der Waals surface area (Å²) in [5, 5.41) is 12.2. The van der Waals surface area contributed by atoms with E-state index in [1.165, 1.54) is 12.1 Å². The SMILES string of the molecule is C[C@@H]1CN(C(=O)c2cc3cc(C4(O)CCN(Cc5ccc(F)cc5F)CC4)ccc3o2)C[C@H](C)O1. The molecule has 2 aromatic carbocycles. The Kier molecular flexibility index (Phi) is 6.38. The minimum atomic E-state index is -1.03. The van der Waals surface area contributed by atoms with E-state index in [4.69, 9.17) is 9.15 Å². The average molecular weight is 485 g/mol. The van der Waals surface area contributed by atoms with Crippen molar-refractivity contribution in [1.29, 1.82) is 0 Å². The Balaban J connectivity index is 1.28. The fourth-order valence-electron chi connectivity index (χ4n) is 5.20. The van der Waals surface area contributed by atoms with Crippen molar-refractivity contribution in [3.05, 3.63) is 71.0 Å². The van der Waals surface area contributed by atoms with Crippen LogP contribution in [0.2, 0.25) is 0 Å². The summed E-state index contributed by atoms with van der Waals surface area (Å²) < 4.78 is 38.8. The van der Waals surface area contributed by atoms with Crippen LogP contribution in [-0.2, 0) is 16.9 Å². The van der Waals surface area contributed by atoms with E-state index in [1.54, 1.807) is 17.0 Å². The smallest absolute Gasteiger partial charge is 0.289 e. The van der Waals surface area contributed by atoms with Gasteiger partial charge in [0.2, 0.25) is 0 Å². The number of nitrogens with zero attached hydrogens (tertiary/aromatic N) is 2. The monoisotopic (exact) mass is 484 g/mol. The minimum absolute atomic E-state index is 0.0293. The Labute approximate surface area is 203 Å². The molecule has 0 radical (unpaired) electrons. The van der Waals surface area contributed by atoms with Crippen molar-refractivity contribution in [2.45, 2.75) is 51.0 Å². The molecule has 3 aromatic rings. The van der Waals surface area contributed by atoms with Gasteiger partial charge in [0.15, 0.2) is 5.76 Å². The van der Waals surface area contributed by atoms with Gasteiger partial charge in [-0.2, -0.15) is 0 Å². The highest BCUT2D eigenvalue weighted by Crippen LogP contribution is 2.35. The molecule has 0 spiro atoms. The van der Waals surface area contributed by atoms with E-state index in [-0.39, 0.29) is 23.9 Å². The van der Waals surface area contributed by atoms with Gasteiger partial charge in [-0.15, -0.1) is 0 Å². The van der Waals surface area contributed by atoms with Crippen LogP contribution in [0.5, 0.6) is 0 Å². The van der Waals surface area contributed by atoms with Gasteiger partial charge in [-0.3, -0.25) is 9.69 Å². The Hall–Kier alpha value is -2.81. The van der Waals surface area contributed by atoms with Crippen LogP contribution in [0.4, 0.5) is 8.78 Å². The zero-order chi connectivity index (χ0) is 24.7. The molecule has 0 aliphatic carbocycles. The van der Waals surface area contributed by atoms with Crippen LogP contribution in [0, 0.1) is 11.6 Å². The van der Waals surface area contributed by atoms with E-state index in [2.05, 4.69) is 4.90 Å². The van der Waals surface area contributed by atoms with Crippen LogP contribution >= 0.6 is 0 Å². The fraction of sp³-hybridized carbons (Fsp3) is 0.444. The predicted molar refractivity (Wildman–Crippen MR) is 127 cm³/mol. The van der Waals surface area contributed by atoms with Crippen molar-refractivity contribution in [1.82, 2.24) is 9.80 Å². The second-order valence-corrected chi connectivity index (χ2v) is 9.87. The van der Waals surface area contributed by atoms with Gasteiger partial charge in [0, 0.05) is 49.7 Å². The number of morpholine rings is 1. The molecule has 2 aliphatic heterocycles. The molecule has 2 aliphatic rings. The molecule has 0 bridgehead atoms. The topological polar surface area (TPSA) is 66.2 Å². The summed E-state index contributed by atoms with van der Waals surface area (Å²) in [6, 6.07) is 10.9. The molecule has 2 atom stereocenters. The largest absolute Gasteiger partial charge is 0.451 e. The maximum Gasteiger partial charge on any atom is 0.289 e. The van der Waals surface area contributed by atoms with E-state index in [0.717, 1.165) is 17.0 Å². The number of aliphatic hydroxyl groups is 1. The first-order chi connectivity index (χ1) is 16.7. The zero-order valence-corrected chi connectivity index (χ0v) is 20.0. The lowest BCUT2D eigenvalue weighted by molar-refractivity contribution is -0.0591. The lowest BCUT2D eigenvalue weighted by Crippen LogP contribution is -2.48. The summed E-state index contributed by atoms with van der Waals surface area (Å²) in [5.41, 5.74) is 0.783. The third-order valence-electron chi connectivity index (χ3n) is 7.06. The van der Waals surface area contributed by atoms with E-state index >= 15 is 0 Å². The summed E-state index contributed by atoms with van der Waals surface area (Å²) in [6.45, 7) is 6.45. The summed E-state index contributed by atoms with van der Waals surface area (Å²) >= 11 is 0. The number of benzene rings is 2. The molecule has 5 rings (SSSR count). The van der Waals surface area contributed by atoms with Gasteiger partial charge in [-0.25, -0.2) is 8.78 Å². The normalized spacial score (nSPS) is 23.1. The number of hydrogen-bond donors (Lipinski definition) is 1. The molecule has 8 heteroatoms. The maximum absolute atomic E-state index is 14.0. The van der Waals surface area contributed by atoms with E-state index < -0.39 is 17.2 Å². The number of carbonyl (C=O) groups excluding carboxylic acids is 1. The third-order valence-corrected chi connectivity index (χ3v) is 7.06. The van der Waals surface area contributed by atoms with Crippen molar-refractivity contribution >= 4 is 16.9 Å². The average Bonchev–Trinajstić information content (AvgIpc) is 3.25. The van der Waals surface area contributed by atoms with Crippen LogP contribution in [0.25, 0.3) is 11.0 Å². The maximum atomic E-state index is 14.0. The number of halogens is 2. The molecular formula is C27H30F2N2O4. The number of fused-ring (bicyclic) bond motifs is 1. The molecule has 3 heterocycles. The molecule has 186 valence electrons. The highest BCUT2D eigenvalue weighted by molar-refractivity contribution is 5.96. The predicted octanol–water partition coefficient (Wildman–Crippen LogP) is 4.44. The quantitative estimate of drug-likeness (QED) is 0.593. The highest BCUT2D eigenvalue weighted by atomic mass is 19.1. The molecule has 1 amide bonds. The highest BCUT2D eigenvalue weighted by Gasteiger charge is 2.35. The molecular weight excluding hydrogens is 454 g/mol. The number of carbonyl (C=O) groups is 1. The number of hydrogen-bond acceptors (Lipinski definition) is 5. The Morgan fingerprint density at radius 2 is 1.77 bits per heavy atom. The van der Waals surface area contributed by atoms with Crippen molar-refractivity contribution in [2.24, 2.45) is 0 Å². The molecule has 0 saturated carbocycles. The number of furan rings is 1. The van der Waals surface area contributed by atoms with Gasteiger partial charge < -0.3 is 19.2 Å². The molecule has 2 saturated heterocycles. The second-order valence-electron chi connectivity index (χ2n) is 9.87. The zero-order valence-electron chi connectivity index (χ0n) is 20.0. The molecule has 1 N–H and O–H groups in total. The number of ether oxygens (including phenoxy) is 1. The first kappa shape index (κ1) is 23.9. The summed E-state index contributed by atoms with van der Waals surface area (Å²) in [7, 11) is 0. The van der Waals surface area contributed by atoms with Gasteiger partial charge in [-0.05, 0) is 56.5 Å². The number of piperidine rings is 1. The molecule has 35 heavy (non-hydrogen) atoms. The standard InChI is InChI=1S/C27H30F2N2O4/c1-17-14-31(15-18(2)34-17)26(32)25-12-20-11-21(4-6-24(20)35-25)27(33)7-9-30(10-8-27)16-19-3-5-22(28)13-23(19)29/h3-6,11-13,17-18,33H,7-10,14-16H2,1-2H3/t17-,18+. The van der Waals surface area contributed by atoms with Gasteiger partial charge in [-0.1, -0.05) is 12.1 Å². The number of likely N-dealkylation sites (tertiary alicyclic amines) is 1. The molecule has 2 fully saturated rings. The lowest BCUT2D eigenvalue weighted by Gasteiger charge is -2.38. The molecule has 6 nitrogen and oxygen atoms in total.